The van der Waals surface area contributed by atoms with Crippen molar-refractivity contribution < 1.29 is 9.18 Å². The molecule has 1 aliphatic heterocycles. The second kappa shape index (κ2) is 8.34. The Morgan fingerprint density at radius 1 is 1.18 bits per heavy atom. The predicted octanol–water partition coefficient (Wildman–Crippen LogP) is 2.27. The third kappa shape index (κ3) is 4.85. The Morgan fingerprint density at radius 2 is 1.73 bits per heavy atom. The van der Waals surface area contributed by atoms with Gasteiger partial charge in [-0.3, -0.25) is 4.79 Å². The molecule has 0 aliphatic carbocycles. The summed E-state index contributed by atoms with van der Waals surface area (Å²) in [6.45, 7) is 6.99. The van der Waals surface area contributed by atoms with Gasteiger partial charge in [0.05, 0.1) is 6.04 Å². The molecule has 1 atom stereocenters. The number of rotatable bonds is 4. The van der Waals surface area contributed by atoms with E-state index in [-0.39, 0.29) is 24.1 Å². The van der Waals surface area contributed by atoms with E-state index in [9.17, 15) is 9.18 Å². The number of hydrogen-bond donors (Lipinski definition) is 1. The zero-order valence-electron chi connectivity index (χ0n) is 13.2. The van der Waals surface area contributed by atoms with Crippen LogP contribution in [-0.2, 0) is 4.79 Å². The van der Waals surface area contributed by atoms with Crippen molar-refractivity contribution in [1.82, 2.24) is 4.90 Å². The average molecular weight is 330 g/mol. The minimum absolute atomic E-state index is 0. The molecule has 22 heavy (non-hydrogen) atoms. The predicted molar refractivity (Wildman–Crippen MR) is 89.9 cm³/mol. The number of nitrogens with two attached hydrogens (primary N) is 1. The second-order valence-corrected chi connectivity index (χ2v) is 6.02. The van der Waals surface area contributed by atoms with E-state index >= 15 is 0 Å². The Kier molecular flexibility index (Phi) is 7.10. The van der Waals surface area contributed by atoms with E-state index in [0.717, 1.165) is 25.2 Å². The molecule has 1 heterocycles. The first-order valence-electron chi connectivity index (χ1n) is 7.52. The first kappa shape index (κ1) is 18.7. The van der Waals surface area contributed by atoms with Crippen molar-refractivity contribution in [3.05, 3.63) is 30.1 Å². The Bertz CT molecular complexity index is 473. The summed E-state index contributed by atoms with van der Waals surface area (Å²) in [6, 6.07) is 6.08. The molecule has 1 saturated heterocycles. The number of benzene rings is 1. The molecular weight excluding hydrogens is 305 g/mol. The van der Waals surface area contributed by atoms with Gasteiger partial charge in [-0.05, 0) is 36.6 Å². The molecule has 0 radical (unpaired) electrons. The molecule has 1 aliphatic rings. The van der Waals surface area contributed by atoms with Crippen LogP contribution in [0.4, 0.5) is 10.1 Å². The van der Waals surface area contributed by atoms with E-state index in [1.807, 2.05) is 4.90 Å². The SMILES string of the molecule is CC(C)CC(N)C(=O)N1CCN(c2ccc(F)cc2)CC1.Cl. The fraction of sp³-hybridized carbons (Fsp3) is 0.562. The molecule has 1 aromatic rings. The molecule has 0 aromatic heterocycles. The molecule has 0 spiro atoms. The quantitative estimate of drug-likeness (QED) is 0.922. The highest BCUT2D eigenvalue weighted by Gasteiger charge is 2.25. The van der Waals surface area contributed by atoms with Crippen molar-refractivity contribution in [2.75, 3.05) is 31.1 Å². The van der Waals surface area contributed by atoms with E-state index in [0.29, 0.717) is 19.0 Å². The second-order valence-electron chi connectivity index (χ2n) is 6.02. The molecule has 1 aromatic carbocycles. The van der Waals surface area contributed by atoms with E-state index in [4.69, 9.17) is 5.73 Å². The smallest absolute Gasteiger partial charge is 0.239 e. The zero-order chi connectivity index (χ0) is 15.4. The number of nitrogens with zero attached hydrogens (tertiary/aromatic N) is 2. The van der Waals surface area contributed by atoms with Crippen LogP contribution in [0.3, 0.4) is 0 Å². The minimum Gasteiger partial charge on any atom is -0.368 e. The van der Waals surface area contributed by atoms with Gasteiger partial charge >= 0.3 is 0 Å². The molecular formula is C16H25ClFN3O. The molecule has 1 unspecified atom stereocenters. The van der Waals surface area contributed by atoms with Gasteiger partial charge in [-0.1, -0.05) is 13.8 Å². The van der Waals surface area contributed by atoms with Gasteiger partial charge in [0.2, 0.25) is 5.91 Å². The number of anilines is 1. The van der Waals surface area contributed by atoms with Crippen molar-refractivity contribution in [2.24, 2.45) is 11.7 Å². The maximum atomic E-state index is 12.9. The molecule has 0 saturated carbocycles. The largest absolute Gasteiger partial charge is 0.368 e. The van der Waals surface area contributed by atoms with Gasteiger partial charge in [-0.2, -0.15) is 0 Å². The Morgan fingerprint density at radius 3 is 2.23 bits per heavy atom. The normalized spacial score (nSPS) is 16.4. The number of amides is 1. The van der Waals surface area contributed by atoms with Gasteiger partial charge < -0.3 is 15.5 Å². The van der Waals surface area contributed by atoms with Crippen molar-refractivity contribution in [3.8, 4) is 0 Å². The van der Waals surface area contributed by atoms with Crippen LogP contribution in [0, 0.1) is 11.7 Å². The summed E-state index contributed by atoms with van der Waals surface area (Å²) in [5, 5.41) is 0. The van der Waals surface area contributed by atoms with Crippen LogP contribution in [-0.4, -0.2) is 43.0 Å². The van der Waals surface area contributed by atoms with E-state index in [1.54, 1.807) is 12.1 Å². The number of carbonyl (C=O) groups excluding carboxylic acids is 1. The minimum atomic E-state index is -0.401. The highest BCUT2D eigenvalue weighted by molar-refractivity contribution is 5.85. The van der Waals surface area contributed by atoms with Crippen molar-refractivity contribution in [2.45, 2.75) is 26.3 Å². The molecule has 1 amide bonds. The van der Waals surface area contributed by atoms with Crippen LogP contribution in [0.2, 0.25) is 0 Å². The summed E-state index contributed by atoms with van der Waals surface area (Å²) in [6.07, 6.45) is 0.719. The first-order valence-corrected chi connectivity index (χ1v) is 7.52. The van der Waals surface area contributed by atoms with Crippen LogP contribution in [0.1, 0.15) is 20.3 Å². The number of piperazine rings is 1. The fourth-order valence-electron chi connectivity index (χ4n) is 2.68. The fourth-order valence-corrected chi connectivity index (χ4v) is 2.68. The Balaban J connectivity index is 0.00000242. The standard InChI is InChI=1S/C16H24FN3O.ClH/c1-12(2)11-15(18)16(21)20-9-7-19(8-10-20)14-5-3-13(17)4-6-14;/h3-6,12,15H,7-11,18H2,1-2H3;1H. The van der Waals surface area contributed by atoms with Gasteiger partial charge in [0.25, 0.3) is 0 Å². The highest BCUT2D eigenvalue weighted by Crippen LogP contribution is 2.17. The van der Waals surface area contributed by atoms with Crippen molar-refractivity contribution >= 4 is 24.0 Å². The molecule has 0 bridgehead atoms. The first-order chi connectivity index (χ1) is 9.97. The van der Waals surface area contributed by atoms with Gasteiger partial charge in [0, 0.05) is 31.9 Å². The van der Waals surface area contributed by atoms with E-state index < -0.39 is 6.04 Å². The number of carbonyl (C=O) groups is 1. The molecule has 124 valence electrons. The zero-order valence-corrected chi connectivity index (χ0v) is 14.0. The summed E-state index contributed by atoms with van der Waals surface area (Å²) in [4.78, 5) is 16.3. The van der Waals surface area contributed by atoms with Gasteiger partial charge in [0.15, 0.2) is 0 Å². The van der Waals surface area contributed by atoms with Gasteiger partial charge in [-0.15, -0.1) is 12.4 Å². The molecule has 2 N–H and O–H groups in total. The van der Waals surface area contributed by atoms with E-state index in [1.165, 1.54) is 12.1 Å². The summed E-state index contributed by atoms with van der Waals surface area (Å²) in [5.74, 6) is 0.235. The number of halogens is 2. The van der Waals surface area contributed by atoms with E-state index in [2.05, 4.69) is 18.7 Å². The van der Waals surface area contributed by atoms with Crippen LogP contribution in [0.15, 0.2) is 24.3 Å². The lowest BCUT2D eigenvalue weighted by Gasteiger charge is -2.37. The lowest BCUT2D eigenvalue weighted by molar-refractivity contribution is -0.133. The highest BCUT2D eigenvalue weighted by atomic mass is 35.5. The molecule has 4 nitrogen and oxygen atoms in total. The molecule has 6 heteroatoms. The van der Waals surface area contributed by atoms with Crippen molar-refractivity contribution in [1.29, 1.82) is 0 Å². The third-order valence-electron chi connectivity index (χ3n) is 3.83. The maximum Gasteiger partial charge on any atom is 0.239 e. The average Bonchev–Trinajstić information content (AvgIpc) is 2.47. The topological polar surface area (TPSA) is 49.6 Å². The Labute approximate surface area is 137 Å². The summed E-state index contributed by atoms with van der Waals surface area (Å²) < 4.78 is 12.9. The Hall–Kier alpha value is -1.33. The molecule has 2 rings (SSSR count). The van der Waals surface area contributed by atoms with Crippen LogP contribution >= 0.6 is 12.4 Å². The van der Waals surface area contributed by atoms with Crippen LogP contribution in [0.5, 0.6) is 0 Å². The number of hydrogen-bond acceptors (Lipinski definition) is 3. The van der Waals surface area contributed by atoms with Crippen molar-refractivity contribution in [3.63, 3.8) is 0 Å². The summed E-state index contributed by atoms with van der Waals surface area (Å²) >= 11 is 0. The van der Waals surface area contributed by atoms with Gasteiger partial charge in [0.1, 0.15) is 5.82 Å². The third-order valence-corrected chi connectivity index (χ3v) is 3.83. The monoisotopic (exact) mass is 329 g/mol. The van der Waals surface area contributed by atoms with Crippen LogP contribution < -0.4 is 10.6 Å². The summed E-state index contributed by atoms with van der Waals surface area (Å²) in [5.41, 5.74) is 6.96. The van der Waals surface area contributed by atoms with Crippen LogP contribution in [0.25, 0.3) is 0 Å². The molecule has 1 fully saturated rings. The van der Waals surface area contributed by atoms with Gasteiger partial charge in [-0.25, -0.2) is 4.39 Å². The summed E-state index contributed by atoms with van der Waals surface area (Å²) in [7, 11) is 0. The maximum absolute atomic E-state index is 12.9. The lowest BCUT2D eigenvalue weighted by Crippen LogP contribution is -2.53. The lowest BCUT2D eigenvalue weighted by atomic mass is 10.0.